The van der Waals surface area contributed by atoms with Crippen LogP contribution in [0.4, 0.5) is 0 Å². The Morgan fingerprint density at radius 3 is 2.56 bits per heavy atom. The average Bonchev–Trinajstić information content (AvgIpc) is 2.42. The van der Waals surface area contributed by atoms with Gasteiger partial charge in [0.1, 0.15) is 0 Å². The van der Waals surface area contributed by atoms with Crippen molar-refractivity contribution in [3.8, 4) is 0 Å². The van der Waals surface area contributed by atoms with Crippen molar-refractivity contribution in [3.05, 3.63) is 46.1 Å². The lowest BCUT2D eigenvalue weighted by Crippen LogP contribution is -2.45. The van der Waals surface area contributed by atoms with E-state index in [4.69, 9.17) is 0 Å². The first-order valence-electron chi connectivity index (χ1n) is 6.62. The fourth-order valence-corrected chi connectivity index (χ4v) is 2.87. The molecule has 98 valence electrons. The van der Waals surface area contributed by atoms with Crippen LogP contribution in [0.1, 0.15) is 24.4 Å². The molecule has 0 unspecified atom stereocenters. The van der Waals surface area contributed by atoms with Crippen molar-refractivity contribution in [3.63, 3.8) is 0 Å². The Balaban J connectivity index is 2.12. The van der Waals surface area contributed by atoms with Crippen molar-refractivity contribution in [2.24, 2.45) is 0 Å². The maximum atomic E-state index is 3.85. The molecule has 0 radical (unpaired) electrons. The molecule has 1 aliphatic heterocycles. The molecule has 0 amide bonds. The number of nitrogens with one attached hydrogen (secondary N) is 1. The van der Waals surface area contributed by atoms with Crippen LogP contribution in [0.25, 0.3) is 0 Å². The number of piperazine rings is 1. The zero-order valence-corrected chi connectivity index (χ0v) is 12.9. The molecule has 1 N–H and O–H groups in total. The van der Waals surface area contributed by atoms with Crippen LogP contribution in [0.5, 0.6) is 0 Å². The highest BCUT2D eigenvalue weighted by molar-refractivity contribution is 14.1. The summed E-state index contributed by atoms with van der Waals surface area (Å²) in [5.41, 5.74) is 1.44. The highest BCUT2D eigenvalue weighted by Gasteiger charge is 2.21. The summed E-state index contributed by atoms with van der Waals surface area (Å²) in [5, 5.41) is 3.42. The van der Waals surface area contributed by atoms with Gasteiger partial charge in [0.15, 0.2) is 0 Å². The number of hydrogen-bond donors (Lipinski definition) is 1. The van der Waals surface area contributed by atoms with Crippen LogP contribution in [0.3, 0.4) is 0 Å². The second kappa shape index (κ2) is 7.26. The molecule has 0 aromatic heterocycles. The average molecular weight is 356 g/mol. The second-order valence-corrected chi connectivity index (χ2v) is 5.96. The van der Waals surface area contributed by atoms with E-state index < -0.39 is 0 Å². The lowest BCUT2D eigenvalue weighted by atomic mass is 9.99. The zero-order valence-electron chi connectivity index (χ0n) is 10.7. The van der Waals surface area contributed by atoms with Crippen LogP contribution in [0.2, 0.25) is 0 Å². The number of rotatable bonds is 5. The van der Waals surface area contributed by atoms with Gasteiger partial charge in [0.05, 0.1) is 0 Å². The molecule has 1 heterocycles. The van der Waals surface area contributed by atoms with Crippen LogP contribution in [-0.4, -0.2) is 31.1 Å². The third-order valence-electron chi connectivity index (χ3n) is 3.49. The van der Waals surface area contributed by atoms with Gasteiger partial charge in [0, 0.05) is 35.8 Å². The predicted octanol–water partition coefficient (Wildman–Crippen LogP) is 3.20. The van der Waals surface area contributed by atoms with Gasteiger partial charge in [-0.3, -0.25) is 4.90 Å². The SMILES string of the molecule is C=CCC[C@@H](c1ccc(I)cc1)N1CCNCC1. The van der Waals surface area contributed by atoms with Gasteiger partial charge in [-0.05, 0) is 53.1 Å². The first-order valence-corrected chi connectivity index (χ1v) is 7.70. The molecular formula is C15H21IN2. The van der Waals surface area contributed by atoms with Gasteiger partial charge in [0.2, 0.25) is 0 Å². The maximum absolute atomic E-state index is 3.85. The minimum Gasteiger partial charge on any atom is -0.314 e. The molecule has 0 spiro atoms. The highest BCUT2D eigenvalue weighted by atomic mass is 127. The number of allylic oxidation sites excluding steroid dienone is 1. The van der Waals surface area contributed by atoms with E-state index in [0.717, 1.165) is 32.6 Å². The van der Waals surface area contributed by atoms with Crippen LogP contribution < -0.4 is 5.32 Å². The largest absolute Gasteiger partial charge is 0.314 e. The molecule has 1 aliphatic rings. The molecule has 1 aromatic rings. The Morgan fingerprint density at radius 1 is 1.28 bits per heavy atom. The minimum atomic E-state index is 0.544. The number of hydrogen-bond acceptors (Lipinski definition) is 2. The minimum absolute atomic E-state index is 0.544. The Kier molecular flexibility index (Phi) is 5.66. The van der Waals surface area contributed by atoms with Gasteiger partial charge in [0.25, 0.3) is 0 Å². The molecule has 1 fully saturated rings. The van der Waals surface area contributed by atoms with Crippen molar-refractivity contribution in [1.29, 1.82) is 0 Å². The van der Waals surface area contributed by atoms with Gasteiger partial charge < -0.3 is 5.32 Å². The lowest BCUT2D eigenvalue weighted by Gasteiger charge is -2.35. The molecule has 1 aromatic carbocycles. The normalized spacial score (nSPS) is 18.5. The van der Waals surface area contributed by atoms with Crippen molar-refractivity contribution in [2.45, 2.75) is 18.9 Å². The van der Waals surface area contributed by atoms with E-state index in [1.165, 1.54) is 15.6 Å². The van der Waals surface area contributed by atoms with Crippen molar-refractivity contribution >= 4 is 22.6 Å². The van der Waals surface area contributed by atoms with Crippen molar-refractivity contribution < 1.29 is 0 Å². The summed E-state index contributed by atoms with van der Waals surface area (Å²) in [6.07, 6.45) is 4.28. The molecule has 1 atom stereocenters. The number of halogens is 1. The van der Waals surface area contributed by atoms with Crippen LogP contribution >= 0.6 is 22.6 Å². The van der Waals surface area contributed by atoms with Gasteiger partial charge in [-0.2, -0.15) is 0 Å². The van der Waals surface area contributed by atoms with E-state index >= 15 is 0 Å². The summed E-state index contributed by atoms with van der Waals surface area (Å²) in [6.45, 7) is 8.36. The summed E-state index contributed by atoms with van der Waals surface area (Å²) in [5.74, 6) is 0. The highest BCUT2D eigenvalue weighted by Crippen LogP contribution is 2.26. The summed E-state index contributed by atoms with van der Waals surface area (Å²) < 4.78 is 1.30. The van der Waals surface area contributed by atoms with Gasteiger partial charge in [-0.25, -0.2) is 0 Å². The van der Waals surface area contributed by atoms with Gasteiger partial charge in [-0.15, -0.1) is 6.58 Å². The van der Waals surface area contributed by atoms with E-state index in [1.807, 2.05) is 6.08 Å². The van der Waals surface area contributed by atoms with E-state index in [2.05, 4.69) is 63.7 Å². The predicted molar refractivity (Wildman–Crippen MR) is 85.8 cm³/mol. The van der Waals surface area contributed by atoms with E-state index in [1.54, 1.807) is 0 Å². The Hall–Kier alpha value is -0.390. The quantitative estimate of drug-likeness (QED) is 0.644. The molecule has 18 heavy (non-hydrogen) atoms. The fourth-order valence-electron chi connectivity index (χ4n) is 2.51. The van der Waals surface area contributed by atoms with Gasteiger partial charge >= 0.3 is 0 Å². The number of benzene rings is 1. The molecule has 3 heteroatoms. The standard InChI is InChI=1S/C15H21IN2/c1-2-3-4-15(18-11-9-17-10-12-18)13-5-7-14(16)8-6-13/h2,5-8,15,17H,1,3-4,9-12H2/t15-/m0/s1. The van der Waals surface area contributed by atoms with Crippen LogP contribution in [0.15, 0.2) is 36.9 Å². The van der Waals surface area contributed by atoms with Crippen LogP contribution in [-0.2, 0) is 0 Å². The molecule has 0 aliphatic carbocycles. The Labute approximate surface area is 124 Å². The molecular weight excluding hydrogens is 335 g/mol. The molecule has 2 rings (SSSR count). The zero-order chi connectivity index (χ0) is 12.8. The third-order valence-corrected chi connectivity index (χ3v) is 4.21. The molecule has 0 bridgehead atoms. The fraction of sp³-hybridized carbons (Fsp3) is 0.467. The van der Waals surface area contributed by atoms with E-state index in [-0.39, 0.29) is 0 Å². The third kappa shape index (κ3) is 3.80. The smallest absolute Gasteiger partial charge is 0.0352 e. The Bertz CT molecular complexity index is 369. The van der Waals surface area contributed by atoms with Gasteiger partial charge in [-0.1, -0.05) is 18.2 Å². The van der Waals surface area contributed by atoms with E-state index in [9.17, 15) is 0 Å². The molecule has 0 saturated carbocycles. The summed E-state index contributed by atoms with van der Waals surface area (Å²) >= 11 is 2.36. The molecule has 2 nitrogen and oxygen atoms in total. The topological polar surface area (TPSA) is 15.3 Å². The first kappa shape index (κ1) is 14.0. The first-order chi connectivity index (χ1) is 8.81. The summed E-state index contributed by atoms with van der Waals surface area (Å²) in [4.78, 5) is 2.60. The Morgan fingerprint density at radius 2 is 1.94 bits per heavy atom. The molecule has 1 saturated heterocycles. The summed E-state index contributed by atoms with van der Waals surface area (Å²) in [6, 6.07) is 9.51. The van der Waals surface area contributed by atoms with Crippen molar-refractivity contribution in [1.82, 2.24) is 10.2 Å². The monoisotopic (exact) mass is 356 g/mol. The maximum Gasteiger partial charge on any atom is 0.0352 e. The number of nitrogens with zero attached hydrogens (tertiary/aromatic N) is 1. The van der Waals surface area contributed by atoms with E-state index in [0.29, 0.717) is 6.04 Å². The summed E-state index contributed by atoms with van der Waals surface area (Å²) in [7, 11) is 0. The lowest BCUT2D eigenvalue weighted by molar-refractivity contribution is 0.166. The van der Waals surface area contributed by atoms with Crippen LogP contribution in [0, 0.1) is 3.57 Å². The second-order valence-electron chi connectivity index (χ2n) is 4.72. The van der Waals surface area contributed by atoms with Crippen molar-refractivity contribution in [2.75, 3.05) is 26.2 Å².